The molecule has 1 atom stereocenters. The summed E-state index contributed by atoms with van der Waals surface area (Å²) in [5.74, 6) is 0.377. The fourth-order valence-corrected chi connectivity index (χ4v) is 5.80. The molecule has 3 heterocycles. The van der Waals surface area contributed by atoms with Crippen LogP contribution in [-0.4, -0.2) is 60.9 Å². The van der Waals surface area contributed by atoms with Crippen LogP contribution in [0.25, 0.3) is 11.3 Å². The second kappa shape index (κ2) is 8.94. The van der Waals surface area contributed by atoms with E-state index in [0.717, 1.165) is 36.3 Å². The lowest BCUT2D eigenvalue weighted by molar-refractivity contribution is -0.144. The van der Waals surface area contributed by atoms with Crippen molar-refractivity contribution in [2.45, 2.75) is 45.4 Å². The third kappa shape index (κ3) is 4.89. The molecule has 2 aliphatic heterocycles. The number of nitrogens with zero attached hydrogens (tertiary/aromatic N) is 3. The zero-order valence-corrected chi connectivity index (χ0v) is 20.1. The van der Waals surface area contributed by atoms with Gasteiger partial charge in [-0.15, -0.1) is 0 Å². The largest absolute Gasteiger partial charge is 0.342 e. The molecule has 2 saturated heterocycles. The molecule has 2 aliphatic rings. The Hall–Kier alpha value is -2.25. The Morgan fingerprint density at radius 3 is 2.50 bits per heavy atom. The van der Waals surface area contributed by atoms with Crippen LogP contribution in [-0.2, 0) is 14.8 Å². The molecule has 0 radical (unpaired) electrons. The van der Waals surface area contributed by atoms with E-state index in [0.29, 0.717) is 32.5 Å². The minimum absolute atomic E-state index is 0.158. The smallest absolute Gasteiger partial charge is 0.228 e. The summed E-state index contributed by atoms with van der Waals surface area (Å²) in [5, 5.41) is 0. The number of amides is 1. The van der Waals surface area contributed by atoms with Gasteiger partial charge in [0.2, 0.25) is 15.9 Å². The van der Waals surface area contributed by atoms with Gasteiger partial charge in [0.1, 0.15) is 0 Å². The molecule has 1 amide bonds. The minimum Gasteiger partial charge on any atom is -0.342 e. The lowest BCUT2D eigenvalue weighted by Crippen LogP contribution is -2.51. The number of aromatic nitrogens is 1. The Morgan fingerprint density at radius 2 is 1.81 bits per heavy atom. The van der Waals surface area contributed by atoms with Crippen LogP contribution in [0.1, 0.15) is 49.8 Å². The first-order valence-electron chi connectivity index (χ1n) is 11.4. The van der Waals surface area contributed by atoms with Crippen LogP contribution in [0.5, 0.6) is 0 Å². The molecular weight excluding hydrogens is 422 g/mol. The van der Waals surface area contributed by atoms with E-state index in [2.05, 4.69) is 43.3 Å². The van der Waals surface area contributed by atoms with Crippen LogP contribution in [0.4, 0.5) is 0 Å². The van der Waals surface area contributed by atoms with E-state index in [9.17, 15) is 13.2 Å². The van der Waals surface area contributed by atoms with E-state index in [4.69, 9.17) is 4.98 Å². The zero-order chi connectivity index (χ0) is 22.9. The molecule has 0 spiro atoms. The fraction of sp³-hybridized carbons (Fsp3) is 0.520. The van der Waals surface area contributed by atoms with E-state index in [1.165, 1.54) is 16.1 Å². The average molecular weight is 456 g/mol. The molecule has 1 aromatic heterocycles. The molecule has 0 unspecified atom stereocenters. The van der Waals surface area contributed by atoms with Crippen molar-refractivity contribution in [2.75, 3.05) is 32.4 Å². The van der Waals surface area contributed by atoms with Crippen molar-refractivity contribution in [1.29, 1.82) is 0 Å². The van der Waals surface area contributed by atoms with Crippen LogP contribution in [0.15, 0.2) is 42.5 Å². The SMILES string of the molecule is Cc1cccc(-c2cccc([C@@H]3CCCN(C(=O)C4(C)CCN(S(C)(=O)=O)CC4)C3)n2)c1. The molecule has 1 aromatic carbocycles. The van der Waals surface area contributed by atoms with E-state index in [1.54, 1.807) is 0 Å². The summed E-state index contributed by atoms with van der Waals surface area (Å²) >= 11 is 0. The monoisotopic (exact) mass is 455 g/mol. The first-order chi connectivity index (χ1) is 15.2. The number of benzene rings is 1. The standard InChI is InChI=1S/C25H33N3O3S/c1-19-7-4-8-20(17-19)22-10-5-11-23(26-22)21-9-6-14-27(18-21)24(29)25(2)12-15-28(16-13-25)32(3,30)31/h4-5,7-8,10-11,17,21H,6,9,12-16,18H2,1-3H3/t21-/m1/s1. The van der Waals surface area contributed by atoms with E-state index < -0.39 is 15.4 Å². The second-order valence-electron chi connectivity index (χ2n) is 9.63. The molecule has 0 bridgehead atoms. The summed E-state index contributed by atoms with van der Waals surface area (Å²) in [4.78, 5) is 20.4. The molecule has 0 N–H and O–H groups in total. The van der Waals surface area contributed by atoms with Gasteiger partial charge in [-0.1, -0.05) is 36.8 Å². The molecule has 2 fully saturated rings. The van der Waals surface area contributed by atoms with Crippen molar-refractivity contribution in [1.82, 2.24) is 14.2 Å². The van der Waals surface area contributed by atoms with E-state index >= 15 is 0 Å². The van der Waals surface area contributed by atoms with Crippen molar-refractivity contribution in [3.05, 3.63) is 53.7 Å². The quantitative estimate of drug-likeness (QED) is 0.703. The summed E-state index contributed by atoms with van der Waals surface area (Å²) in [7, 11) is -3.20. The third-order valence-electron chi connectivity index (χ3n) is 7.02. The number of hydrogen-bond acceptors (Lipinski definition) is 4. The Bertz CT molecular complexity index is 1090. The van der Waals surface area contributed by atoms with Gasteiger partial charge in [-0.2, -0.15) is 0 Å². The maximum atomic E-state index is 13.5. The Kier molecular flexibility index (Phi) is 6.41. The van der Waals surface area contributed by atoms with Crippen LogP contribution in [0, 0.1) is 12.3 Å². The fourth-order valence-electron chi connectivity index (χ4n) is 4.95. The maximum Gasteiger partial charge on any atom is 0.228 e. The van der Waals surface area contributed by atoms with Gasteiger partial charge in [-0.25, -0.2) is 12.7 Å². The molecule has 172 valence electrons. The van der Waals surface area contributed by atoms with E-state index in [-0.39, 0.29) is 11.8 Å². The second-order valence-corrected chi connectivity index (χ2v) is 11.6. The van der Waals surface area contributed by atoms with Crippen molar-refractivity contribution in [3.8, 4) is 11.3 Å². The molecule has 0 aliphatic carbocycles. The van der Waals surface area contributed by atoms with Crippen LogP contribution < -0.4 is 0 Å². The summed E-state index contributed by atoms with van der Waals surface area (Å²) in [6.07, 6.45) is 4.36. The maximum absolute atomic E-state index is 13.5. The molecule has 2 aromatic rings. The number of pyridine rings is 1. The zero-order valence-electron chi connectivity index (χ0n) is 19.3. The van der Waals surface area contributed by atoms with E-state index in [1.807, 2.05) is 17.9 Å². The average Bonchev–Trinajstić information content (AvgIpc) is 2.78. The van der Waals surface area contributed by atoms with Gasteiger partial charge in [-0.05, 0) is 50.8 Å². The van der Waals surface area contributed by atoms with Crippen LogP contribution in [0.3, 0.4) is 0 Å². The van der Waals surface area contributed by atoms with Crippen molar-refractivity contribution < 1.29 is 13.2 Å². The normalized spacial score (nSPS) is 22.0. The lowest BCUT2D eigenvalue weighted by atomic mass is 9.79. The third-order valence-corrected chi connectivity index (χ3v) is 8.33. The molecule has 32 heavy (non-hydrogen) atoms. The number of sulfonamides is 1. The van der Waals surface area contributed by atoms with Gasteiger partial charge in [0.15, 0.2) is 0 Å². The minimum atomic E-state index is -3.20. The number of carbonyl (C=O) groups is 1. The van der Waals surface area contributed by atoms with Crippen molar-refractivity contribution >= 4 is 15.9 Å². The lowest BCUT2D eigenvalue weighted by Gasteiger charge is -2.42. The number of carbonyl (C=O) groups excluding carboxylic acids is 1. The first-order valence-corrected chi connectivity index (χ1v) is 13.3. The van der Waals surface area contributed by atoms with Gasteiger partial charge in [-0.3, -0.25) is 9.78 Å². The number of rotatable bonds is 4. The predicted octanol–water partition coefficient (Wildman–Crippen LogP) is 3.82. The topological polar surface area (TPSA) is 70.6 Å². The number of piperidine rings is 2. The number of hydrogen-bond donors (Lipinski definition) is 0. The molecule has 7 heteroatoms. The number of aryl methyl sites for hydroxylation is 1. The van der Waals surface area contributed by atoms with Crippen molar-refractivity contribution in [3.63, 3.8) is 0 Å². The molecular formula is C25H33N3O3S. The van der Waals surface area contributed by atoms with Gasteiger partial charge in [0.05, 0.1) is 11.9 Å². The highest BCUT2D eigenvalue weighted by molar-refractivity contribution is 7.88. The summed E-state index contributed by atoms with van der Waals surface area (Å²) in [6.45, 7) is 6.35. The molecule has 0 saturated carbocycles. The summed E-state index contributed by atoms with van der Waals surface area (Å²) in [6, 6.07) is 14.5. The van der Waals surface area contributed by atoms with Gasteiger partial charge in [0.25, 0.3) is 0 Å². The number of likely N-dealkylation sites (tertiary alicyclic amines) is 1. The predicted molar refractivity (Wildman–Crippen MR) is 127 cm³/mol. The Morgan fingerprint density at radius 1 is 1.09 bits per heavy atom. The Balaban J connectivity index is 1.47. The van der Waals surface area contributed by atoms with Crippen LogP contribution >= 0.6 is 0 Å². The summed E-state index contributed by atoms with van der Waals surface area (Å²) in [5.41, 5.74) is 3.83. The summed E-state index contributed by atoms with van der Waals surface area (Å²) < 4.78 is 25.2. The Labute approximate surface area is 191 Å². The van der Waals surface area contributed by atoms with Gasteiger partial charge >= 0.3 is 0 Å². The molecule has 4 rings (SSSR count). The molecule has 6 nitrogen and oxygen atoms in total. The van der Waals surface area contributed by atoms with Gasteiger partial charge in [0, 0.05) is 48.8 Å². The highest BCUT2D eigenvalue weighted by Crippen LogP contribution is 2.36. The highest BCUT2D eigenvalue weighted by atomic mass is 32.2. The highest BCUT2D eigenvalue weighted by Gasteiger charge is 2.42. The van der Waals surface area contributed by atoms with Crippen LogP contribution in [0.2, 0.25) is 0 Å². The van der Waals surface area contributed by atoms with Gasteiger partial charge < -0.3 is 4.90 Å². The first kappa shape index (κ1) is 22.9. The van der Waals surface area contributed by atoms with Crippen molar-refractivity contribution in [2.24, 2.45) is 5.41 Å².